The Morgan fingerprint density at radius 3 is 2.07 bits per heavy atom. The zero-order chi connectivity index (χ0) is 37.9. The van der Waals surface area contributed by atoms with E-state index in [-0.39, 0.29) is 42.9 Å². The molecule has 2 N–H and O–H groups in total. The van der Waals surface area contributed by atoms with Gasteiger partial charge in [-0.2, -0.15) is 0 Å². The summed E-state index contributed by atoms with van der Waals surface area (Å²) in [6.07, 6.45) is 4.86. The van der Waals surface area contributed by atoms with Gasteiger partial charge in [0.2, 0.25) is 5.75 Å². The molecule has 0 fully saturated rings. The number of methoxy groups -OCH3 is 4. The standard InChI is InChI=1S/C43H52N4O7.2ClH/c1-8-9-16-44-43(48)45-32-25-36(50-5)37-23-29(32)20-34-40-28(15-18-47(34)3)22-39(51-6)41(52-7)42(40)54-38-24-31-27(21-35(38)49-4)14-17-46(2)33(31)19-26-10-12-30(53-37)13-11-26;;/h10-13,21-25,33-34H,8-9,14-20H2,1-7H3,(H2,44,45,48);2*1H/t33-,34-;;/m0../s1. The molecule has 56 heavy (non-hydrogen) atoms. The van der Waals surface area contributed by atoms with E-state index < -0.39 is 0 Å². The zero-order valence-corrected chi connectivity index (χ0v) is 34.9. The lowest BCUT2D eigenvalue weighted by molar-refractivity contribution is 0.220. The number of likely N-dealkylation sites (N-methyl/N-ethyl adjacent to an activating group) is 2. The van der Waals surface area contributed by atoms with E-state index in [9.17, 15) is 4.79 Å². The summed E-state index contributed by atoms with van der Waals surface area (Å²) in [6.45, 7) is 4.41. The minimum atomic E-state index is -0.276. The largest absolute Gasteiger partial charge is 0.493 e. The van der Waals surface area contributed by atoms with E-state index in [0.717, 1.165) is 61.9 Å². The molecule has 13 heteroatoms. The second-order valence-corrected chi connectivity index (χ2v) is 14.4. The molecule has 0 aromatic heterocycles. The topological polar surface area (TPSA) is 103 Å². The molecule has 0 spiro atoms. The van der Waals surface area contributed by atoms with Crippen LogP contribution in [0.4, 0.5) is 10.5 Å². The van der Waals surface area contributed by atoms with E-state index in [4.69, 9.17) is 28.4 Å². The highest BCUT2D eigenvalue weighted by Gasteiger charge is 2.35. The van der Waals surface area contributed by atoms with E-state index in [2.05, 4.69) is 71.8 Å². The highest BCUT2D eigenvalue weighted by molar-refractivity contribution is 5.90. The minimum absolute atomic E-state index is 0. The smallest absolute Gasteiger partial charge is 0.319 e. The quantitative estimate of drug-likeness (QED) is 0.169. The molecule has 0 aliphatic carbocycles. The number of ether oxygens (including phenoxy) is 6. The molecule has 11 nitrogen and oxygen atoms in total. The van der Waals surface area contributed by atoms with Crippen LogP contribution in [0.1, 0.15) is 65.2 Å². The van der Waals surface area contributed by atoms with Crippen molar-refractivity contribution in [2.45, 2.75) is 57.5 Å². The van der Waals surface area contributed by atoms with Gasteiger partial charge in [0.1, 0.15) is 5.75 Å². The average Bonchev–Trinajstić information content (AvgIpc) is 3.17. The predicted molar refractivity (Wildman–Crippen MR) is 224 cm³/mol. The van der Waals surface area contributed by atoms with Gasteiger partial charge in [0.25, 0.3) is 0 Å². The van der Waals surface area contributed by atoms with Gasteiger partial charge < -0.3 is 39.1 Å². The molecule has 4 aliphatic heterocycles. The number of amides is 2. The Kier molecular flexibility index (Phi) is 14.1. The van der Waals surface area contributed by atoms with Crippen LogP contribution in [0.5, 0.6) is 46.0 Å². The van der Waals surface area contributed by atoms with Crippen molar-refractivity contribution in [3.05, 3.63) is 88.0 Å². The molecule has 4 aliphatic rings. The molecule has 2 atom stereocenters. The number of fused-ring (bicyclic) bond motifs is 2. The van der Waals surface area contributed by atoms with Crippen molar-refractivity contribution in [2.75, 3.05) is 67.5 Å². The van der Waals surface area contributed by atoms with Crippen LogP contribution in [0.3, 0.4) is 0 Å². The van der Waals surface area contributed by atoms with Crippen molar-refractivity contribution >= 4 is 36.5 Å². The number of hydrogen-bond donors (Lipinski definition) is 2. The first-order valence-electron chi connectivity index (χ1n) is 18.8. The van der Waals surface area contributed by atoms with Gasteiger partial charge in [-0.15, -0.1) is 24.8 Å². The fraction of sp³-hybridized carbons (Fsp3) is 0.419. The maximum absolute atomic E-state index is 13.2. The number of nitrogens with zero attached hydrogens (tertiary/aromatic N) is 2. The third-order valence-corrected chi connectivity index (χ3v) is 11.1. The van der Waals surface area contributed by atoms with E-state index in [1.165, 1.54) is 16.7 Å². The van der Waals surface area contributed by atoms with Crippen LogP contribution >= 0.6 is 24.8 Å². The number of urea groups is 1. The van der Waals surface area contributed by atoms with Crippen LogP contribution in [-0.2, 0) is 25.7 Å². The van der Waals surface area contributed by atoms with E-state index in [1.54, 1.807) is 28.4 Å². The highest BCUT2D eigenvalue weighted by Crippen LogP contribution is 2.52. The normalized spacial score (nSPS) is 17.3. The second kappa shape index (κ2) is 18.6. The fourth-order valence-electron chi connectivity index (χ4n) is 8.00. The number of anilines is 1. The lowest BCUT2D eigenvalue weighted by Gasteiger charge is -2.37. The van der Waals surface area contributed by atoms with Crippen LogP contribution < -0.4 is 39.1 Å². The monoisotopic (exact) mass is 808 g/mol. The molecule has 0 saturated heterocycles. The predicted octanol–water partition coefficient (Wildman–Crippen LogP) is 8.93. The summed E-state index contributed by atoms with van der Waals surface area (Å²) >= 11 is 0. The number of carbonyl (C=O) groups excluding carboxylic acids is 1. The SMILES string of the molecule is CCCCNC(=O)Nc1cc(OC)c2cc1C[C@H]1c3c(cc(OC)c(OC)c3Oc3cc4c(cc3OC)CCN(C)[C@H]4Cc3ccc(cc3)O2)CCN1C.Cl.Cl. The summed E-state index contributed by atoms with van der Waals surface area (Å²) in [5.41, 5.74) is 7.23. The first-order valence-corrected chi connectivity index (χ1v) is 18.8. The number of rotatable bonds is 8. The first-order chi connectivity index (χ1) is 26.2. The Balaban J connectivity index is 0.00000300. The number of halogens is 2. The number of nitrogens with one attached hydrogen (secondary N) is 2. The summed E-state index contributed by atoms with van der Waals surface area (Å²) in [6, 6.07) is 18.1. The molecule has 2 amide bonds. The Morgan fingerprint density at radius 1 is 0.750 bits per heavy atom. The maximum Gasteiger partial charge on any atom is 0.319 e. The van der Waals surface area contributed by atoms with Crippen LogP contribution in [0.2, 0.25) is 0 Å². The van der Waals surface area contributed by atoms with Crippen LogP contribution in [0.15, 0.2) is 54.6 Å². The first kappa shape index (κ1) is 42.6. The highest BCUT2D eigenvalue weighted by atomic mass is 35.5. The minimum Gasteiger partial charge on any atom is -0.493 e. The third-order valence-electron chi connectivity index (χ3n) is 11.1. The van der Waals surface area contributed by atoms with E-state index in [1.807, 2.05) is 24.3 Å². The maximum atomic E-state index is 13.2. The molecule has 6 bridgehead atoms. The molecule has 4 heterocycles. The number of carbonyl (C=O) groups is 1. The van der Waals surface area contributed by atoms with Crippen LogP contribution in [-0.4, -0.2) is 78.0 Å². The molecular formula is C43H54Cl2N4O7. The van der Waals surface area contributed by atoms with Crippen molar-refractivity contribution in [1.29, 1.82) is 0 Å². The van der Waals surface area contributed by atoms with Gasteiger partial charge in [-0.3, -0.25) is 9.80 Å². The van der Waals surface area contributed by atoms with Gasteiger partial charge in [-0.05, 0) is 110 Å². The van der Waals surface area contributed by atoms with Gasteiger partial charge in [-0.1, -0.05) is 25.5 Å². The van der Waals surface area contributed by atoms with Gasteiger partial charge in [0.15, 0.2) is 34.5 Å². The summed E-state index contributed by atoms with van der Waals surface area (Å²) in [7, 11) is 10.9. The number of unbranched alkanes of at least 4 members (excludes halogenated alkanes) is 1. The average molecular weight is 810 g/mol. The molecule has 4 aromatic rings. The number of benzene rings is 4. The summed E-state index contributed by atoms with van der Waals surface area (Å²) < 4.78 is 37.6. The van der Waals surface area contributed by atoms with E-state index in [0.29, 0.717) is 64.6 Å². The van der Waals surface area contributed by atoms with Gasteiger partial charge in [-0.25, -0.2) is 4.79 Å². The lowest BCUT2D eigenvalue weighted by Crippen LogP contribution is -2.34. The summed E-state index contributed by atoms with van der Waals surface area (Å²) in [5.74, 6) is 4.71. The molecule has 4 aromatic carbocycles. The molecule has 0 saturated carbocycles. The summed E-state index contributed by atoms with van der Waals surface area (Å²) in [4.78, 5) is 18.0. The molecule has 8 rings (SSSR count). The van der Waals surface area contributed by atoms with Crippen LogP contribution in [0.25, 0.3) is 0 Å². The van der Waals surface area contributed by atoms with Gasteiger partial charge >= 0.3 is 6.03 Å². The van der Waals surface area contributed by atoms with Crippen molar-refractivity contribution in [2.24, 2.45) is 0 Å². The Morgan fingerprint density at radius 2 is 1.39 bits per heavy atom. The second-order valence-electron chi connectivity index (χ2n) is 14.4. The van der Waals surface area contributed by atoms with Crippen molar-refractivity contribution in [3.8, 4) is 46.0 Å². The van der Waals surface area contributed by atoms with Crippen molar-refractivity contribution in [3.63, 3.8) is 0 Å². The molecule has 0 unspecified atom stereocenters. The zero-order valence-electron chi connectivity index (χ0n) is 33.3. The van der Waals surface area contributed by atoms with Crippen molar-refractivity contribution < 1.29 is 33.2 Å². The summed E-state index contributed by atoms with van der Waals surface area (Å²) in [5, 5.41) is 6.11. The van der Waals surface area contributed by atoms with Crippen molar-refractivity contribution in [1.82, 2.24) is 15.1 Å². The lowest BCUT2D eigenvalue weighted by atomic mass is 9.86. The fourth-order valence-corrected chi connectivity index (χ4v) is 8.00. The Hall–Kier alpha value is -4.55. The van der Waals surface area contributed by atoms with Crippen LogP contribution in [0, 0.1) is 0 Å². The number of hydrogen-bond acceptors (Lipinski definition) is 9. The molecule has 0 radical (unpaired) electrons. The third kappa shape index (κ3) is 8.56. The molecule has 302 valence electrons. The van der Waals surface area contributed by atoms with E-state index >= 15 is 0 Å². The Bertz CT molecular complexity index is 2010. The Labute approximate surface area is 342 Å². The molecular weight excluding hydrogens is 755 g/mol. The van der Waals surface area contributed by atoms with Gasteiger partial charge in [0.05, 0.1) is 28.4 Å². The van der Waals surface area contributed by atoms with Gasteiger partial charge in [0, 0.05) is 49.0 Å².